The number of rotatable bonds is 5. The van der Waals surface area contributed by atoms with E-state index in [4.69, 9.17) is 4.74 Å². The van der Waals surface area contributed by atoms with Crippen LogP contribution in [0.2, 0.25) is 0 Å². The van der Waals surface area contributed by atoms with E-state index in [-0.39, 0.29) is 0 Å². The Bertz CT molecular complexity index is 330. The molecule has 1 aromatic rings. The van der Waals surface area contributed by atoms with Crippen molar-refractivity contribution in [2.75, 3.05) is 6.61 Å². The summed E-state index contributed by atoms with van der Waals surface area (Å²) in [6.45, 7) is 3.51. The summed E-state index contributed by atoms with van der Waals surface area (Å²) in [4.78, 5) is 11.4. The Hall–Kier alpha value is -1.35. The summed E-state index contributed by atoms with van der Waals surface area (Å²) >= 11 is 0. The highest BCUT2D eigenvalue weighted by Crippen LogP contribution is 2.15. The average molecular weight is 222 g/mol. The Morgan fingerprint density at radius 1 is 1.38 bits per heavy atom. The van der Waals surface area contributed by atoms with Crippen molar-refractivity contribution in [1.82, 2.24) is 0 Å². The van der Waals surface area contributed by atoms with Crippen molar-refractivity contribution in [3.05, 3.63) is 35.9 Å². The summed E-state index contributed by atoms with van der Waals surface area (Å²) in [6, 6.07) is 9.76. The molecule has 3 nitrogen and oxygen atoms in total. The summed E-state index contributed by atoms with van der Waals surface area (Å²) in [6.07, 6.45) is 1.03. The van der Waals surface area contributed by atoms with Gasteiger partial charge in [-0.15, -0.1) is 0 Å². The zero-order valence-electron chi connectivity index (χ0n) is 9.77. The second-order valence-corrected chi connectivity index (χ2v) is 3.98. The van der Waals surface area contributed by atoms with Gasteiger partial charge in [0.1, 0.15) is 0 Å². The summed E-state index contributed by atoms with van der Waals surface area (Å²) < 4.78 is 4.81. The van der Waals surface area contributed by atoms with Crippen molar-refractivity contribution in [1.29, 1.82) is 0 Å². The Morgan fingerprint density at radius 3 is 2.56 bits per heavy atom. The van der Waals surface area contributed by atoms with Crippen molar-refractivity contribution in [2.45, 2.75) is 32.3 Å². The molecule has 0 radical (unpaired) electrons. The average Bonchev–Trinajstić information content (AvgIpc) is 2.28. The number of benzene rings is 1. The van der Waals surface area contributed by atoms with Gasteiger partial charge in [0.25, 0.3) is 0 Å². The highest BCUT2D eigenvalue weighted by molar-refractivity contribution is 5.78. The lowest BCUT2D eigenvalue weighted by Gasteiger charge is -2.20. The van der Waals surface area contributed by atoms with Crippen LogP contribution in [0.15, 0.2) is 30.3 Å². The number of aryl methyl sites for hydroxylation is 1. The van der Waals surface area contributed by atoms with E-state index in [9.17, 15) is 9.90 Å². The van der Waals surface area contributed by atoms with E-state index in [2.05, 4.69) is 0 Å². The van der Waals surface area contributed by atoms with E-state index in [1.807, 2.05) is 30.3 Å². The van der Waals surface area contributed by atoms with Crippen LogP contribution in [0.1, 0.15) is 25.8 Å². The van der Waals surface area contributed by atoms with Gasteiger partial charge in [-0.2, -0.15) is 0 Å². The first-order valence-electron chi connectivity index (χ1n) is 5.50. The molecule has 1 unspecified atom stereocenters. The quantitative estimate of drug-likeness (QED) is 0.774. The van der Waals surface area contributed by atoms with Crippen LogP contribution in [-0.2, 0) is 16.0 Å². The SMILES string of the molecule is CCOC(=O)C(C)(O)CCc1ccccc1. The smallest absolute Gasteiger partial charge is 0.337 e. The number of carbonyl (C=O) groups excluding carboxylic acids is 1. The fourth-order valence-electron chi connectivity index (χ4n) is 1.42. The molecule has 88 valence electrons. The number of ether oxygens (including phenoxy) is 1. The lowest BCUT2D eigenvalue weighted by Crippen LogP contribution is -2.37. The Balaban J connectivity index is 2.51. The predicted molar refractivity (Wildman–Crippen MR) is 62.0 cm³/mol. The normalized spacial score (nSPS) is 14.2. The second kappa shape index (κ2) is 5.66. The molecular weight excluding hydrogens is 204 g/mol. The number of hydrogen-bond acceptors (Lipinski definition) is 3. The maximum absolute atomic E-state index is 11.4. The van der Waals surface area contributed by atoms with Crippen molar-refractivity contribution >= 4 is 5.97 Å². The molecule has 16 heavy (non-hydrogen) atoms. The maximum Gasteiger partial charge on any atom is 0.337 e. The summed E-state index contributed by atoms with van der Waals surface area (Å²) in [7, 11) is 0. The third-order valence-corrected chi connectivity index (χ3v) is 2.46. The molecule has 0 saturated carbocycles. The maximum atomic E-state index is 11.4. The molecule has 0 saturated heterocycles. The summed E-state index contributed by atoms with van der Waals surface area (Å²) in [5.41, 5.74) is -0.293. The van der Waals surface area contributed by atoms with E-state index >= 15 is 0 Å². The van der Waals surface area contributed by atoms with Crippen LogP contribution in [0.3, 0.4) is 0 Å². The lowest BCUT2D eigenvalue weighted by molar-refractivity contribution is -0.163. The van der Waals surface area contributed by atoms with Gasteiger partial charge in [0.05, 0.1) is 6.61 Å². The highest BCUT2D eigenvalue weighted by Gasteiger charge is 2.31. The number of esters is 1. The van der Waals surface area contributed by atoms with Crippen LogP contribution >= 0.6 is 0 Å². The van der Waals surface area contributed by atoms with Crippen molar-refractivity contribution in [3.8, 4) is 0 Å². The van der Waals surface area contributed by atoms with E-state index < -0.39 is 11.6 Å². The van der Waals surface area contributed by atoms with Gasteiger partial charge in [-0.3, -0.25) is 0 Å². The fraction of sp³-hybridized carbons (Fsp3) is 0.462. The third-order valence-electron chi connectivity index (χ3n) is 2.46. The van der Waals surface area contributed by atoms with Gasteiger partial charge in [-0.1, -0.05) is 30.3 Å². The molecule has 0 heterocycles. The summed E-state index contributed by atoms with van der Waals surface area (Å²) in [5, 5.41) is 9.90. The van der Waals surface area contributed by atoms with Crippen LogP contribution in [0.4, 0.5) is 0 Å². The lowest BCUT2D eigenvalue weighted by atomic mass is 9.97. The van der Waals surface area contributed by atoms with Crippen LogP contribution < -0.4 is 0 Å². The van der Waals surface area contributed by atoms with E-state index in [1.54, 1.807) is 6.92 Å². The van der Waals surface area contributed by atoms with Gasteiger partial charge in [-0.05, 0) is 32.3 Å². The van der Waals surface area contributed by atoms with Crippen molar-refractivity contribution in [3.63, 3.8) is 0 Å². The molecule has 1 rings (SSSR count). The topological polar surface area (TPSA) is 46.5 Å². The van der Waals surface area contributed by atoms with E-state index in [1.165, 1.54) is 6.92 Å². The number of aliphatic hydroxyl groups is 1. The third kappa shape index (κ3) is 3.66. The second-order valence-electron chi connectivity index (χ2n) is 3.98. The molecule has 0 aliphatic rings. The van der Waals surface area contributed by atoms with Crippen LogP contribution in [0.5, 0.6) is 0 Å². The van der Waals surface area contributed by atoms with Crippen LogP contribution in [-0.4, -0.2) is 23.3 Å². The monoisotopic (exact) mass is 222 g/mol. The van der Waals surface area contributed by atoms with Gasteiger partial charge in [0, 0.05) is 0 Å². The molecule has 0 aliphatic carbocycles. The molecule has 0 amide bonds. The molecule has 0 spiro atoms. The predicted octanol–water partition coefficient (Wildman–Crippen LogP) is 1.93. The summed E-state index contributed by atoms with van der Waals surface area (Å²) in [5.74, 6) is -0.550. The van der Waals surface area contributed by atoms with E-state index in [0.717, 1.165) is 5.56 Å². The minimum absolute atomic E-state index is 0.292. The first-order valence-corrected chi connectivity index (χ1v) is 5.50. The number of carbonyl (C=O) groups is 1. The molecule has 1 aromatic carbocycles. The van der Waals surface area contributed by atoms with Crippen molar-refractivity contribution in [2.24, 2.45) is 0 Å². The van der Waals surface area contributed by atoms with Crippen LogP contribution in [0.25, 0.3) is 0 Å². The van der Waals surface area contributed by atoms with Crippen molar-refractivity contribution < 1.29 is 14.6 Å². The molecule has 0 bridgehead atoms. The van der Waals surface area contributed by atoms with Crippen LogP contribution in [0, 0.1) is 0 Å². The Morgan fingerprint density at radius 2 is 2.00 bits per heavy atom. The number of hydrogen-bond donors (Lipinski definition) is 1. The van der Waals surface area contributed by atoms with Gasteiger partial charge < -0.3 is 9.84 Å². The molecule has 0 aliphatic heterocycles. The van der Waals surface area contributed by atoms with Gasteiger partial charge in [-0.25, -0.2) is 4.79 Å². The molecule has 0 aromatic heterocycles. The molecular formula is C13H18O3. The van der Waals surface area contributed by atoms with E-state index in [0.29, 0.717) is 19.4 Å². The first kappa shape index (κ1) is 12.7. The zero-order chi connectivity index (χ0) is 12.0. The molecule has 3 heteroatoms. The minimum Gasteiger partial charge on any atom is -0.464 e. The first-order chi connectivity index (χ1) is 7.56. The molecule has 0 fully saturated rings. The minimum atomic E-state index is -1.40. The largest absolute Gasteiger partial charge is 0.464 e. The zero-order valence-corrected chi connectivity index (χ0v) is 9.77. The Kier molecular flexibility index (Phi) is 4.50. The van der Waals surface area contributed by atoms with Gasteiger partial charge >= 0.3 is 5.97 Å². The molecule has 1 N–H and O–H groups in total. The highest BCUT2D eigenvalue weighted by atomic mass is 16.5. The Labute approximate surface area is 96.1 Å². The molecule has 1 atom stereocenters. The fourth-order valence-corrected chi connectivity index (χ4v) is 1.42. The van der Waals surface area contributed by atoms with Gasteiger partial charge in [0.2, 0.25) is 0 Å². The standard InChI is InChI=1S/C13H18O3/c1-3-16-12(14)13(2,15)10-9-11-7-5-4-6-8-11/h4-8,15H,3,9-10H2,1-2H3. The van der Waals surface area contributed by atoms with Gasteiger partial charge in [0.15, 0.2) is 5.60 Å².